The molecule has 0 saturated heterocycles. The number of fused-ring (bicyclic) bond motifs is 1. The number of carbonyl (C=O) groups excluding carboxylic acids is 2. The van der Waals surface area contributed by atoms with E-state index in [0.717, 1.165) is 11.7 Å². The van der Waals surface area contributed by atoms with Gasteiger partial charge in [-0.2, -0.15) is 0 Å². The molecule has 5 heteroatoms. The molecule has 1 atom stereocenters. The van der Waals surface area contributed by atoms with Crippen LogP contribution in [0, 0.1) is 5.92 Å². The van der Waals surface area contributed by atoms with Crippen molar-refractivity contribution < 1.29 is 9.59 Å². The van der Waals surface area contributed by atoms with Gasteiger partial charge in [-0.1, -0.05) is 13.8 Å². The highest BCUT2D eigenvalue weighted by atomic mass is 16.2. The second-order valence-electron chi connectivity index (χ2n) is 5.30. The zero-order chi connectivity index (χ0) is 14.7. The summed E-state index contributed by atoms with van der Waals surface area (Å²) < 4.78 is 1.71. The van der Waals surface area contributed by atoms with Crippen LogP contribution in [0.1, 0.15) is 31.1 Å². The molecule has 0 saturated carbocycles. The number of nitrogens with one attached hydrogen (secondary N) is 1. The molecular weight excluding hydrogens is 254 g/mol. The quantitative estimate of drug-likeness (QED) is 0.848. The minimum atomic E-state index is -0.0776. The molecule has 5 nitrogen and oxygen atoms in total. The van der Waals surface area contributed by atoms with E-state index in [1.807, 2.05) is 13.0 Å². The maximum Gasteiger partial charge on any atom is 0.240 e. The summed E-state index contributed by atoms with van der Waals surface area (Å²) in [5.74, 6) is 0.301. The Morgan fingerprint density at radius 2 is 2.20 bits per heavy atom. The third-order valence-electron chi connectivity index (χ3n) is 3.49. The van der Waals surface area contributed by atoms with Gasteiger partial charge in [0, 0.05) is 29.4 Å². The van der Waals surface area contributed by atoms with E-state index in [2.05, 4.69) is 24.1 Å². The van der Waals surface area contributed by atoms with E-state index >= 15 is 0 Å². The average Bonchev–Trinajstić information content (AvgIpc) is 2.77. The Balaban J connectivity index is 2.22. The zero-order valence-corrected chi connectivity index (χ0v) is 12.0. The van der Waals surface area contributed by atoms with E-state index in [0.29, 0.717) is 17.1 Å². The van der Waals surface area contributed by atoms with Gasteiger partial charge in [0.1, 0.15) is 12.2 Å². The van der Waals surface area contributed by atoms with Crippen molar-refractivity contribution in [1.29, 1.82) is 0 Å². The Morgan fingerprint density at radius 3 is 2.85 bits per heavy atom. The number of rotatable bonds is 5. The summed E-state index contributed by atoms with van der Waals surface area (Å²) in [6.45, 7) is 6.26. The lowest BCUT2D eigenvalue weighted by atomic mass is 10.1. The maximum absolute atomic E-state index is 12.0. The Bertz CT molecular complexity index is 631. The fourth-order valence-electron chi connectivity index (χ4n) is 1.99. The lowest BCUT2D eigenvalue weighted by molar-refractivity contribution is -0.122. The summed E-state index contributed by atoms with van der Waals surface area (Å²) in [5, 5.41) is 3.71. The predicted molar refractivity (Wildman–Crippen MR) is 77.6 cm³/mol. The van der Waals surface area contributed by atoms with Crippen LogP contribution in [0.2, 0.25) is 0 Å². The highest BCUT2D eigenvalue weighted by Gasteiger charge is 2.14. The second kappa shape index (κ2) is 5.86. The van der Waals surface area contributed by atoms with Crippen molar-refractivity contribution in [2.24, 2.45) is 5.92 Å². The second-order valence-corrected chi connectivity index (χ2v) is 5.30. The molecule has 0 bridgehead atoms. The van der Waals surface area contributed by atoms with Gasteiger partial charge in [-0.05, 0) is 25.0 Å². The lowest BCUT2D eigenvalue weighted by Gasteiger charge is -2.17. The van der Waals surface area contributed by atoms with Crippen LogP contribution in [-0.2, 0) is 11.3 Å². The first-order chi connectivity index (χ1) is 9.52. The van der Waals surface area contributed by atoms with Crippen LogP contribution >= 0.6 is 0 Å². The van der Waals surface area contributed by atoms with E-state index in [1.165, 1.54) is 0 Å². The Hall–Kier alpha value is -2.17. The summed E-state index contributed by atoms with van der Waals surface area (Å²) >= 11 is 0. The zero-order valence-electron chi connectivity index (χ0n) is 12.0. The number of carbonyl (C=O) groups is 2. The molecule has 1 unspecified atom stereocenters. The Kier molecular flexibility index (Phi) is 4.17. The molecule has 1 amide bonds. The van der Waals surface area contributed by atoms with Crippen LogP contribution in [0.15, 0.2) is 24.5 Å². The maximum atomic E-state index is 12.0. The van der Waals surface area contributed by atoms with Crippen LogP contribution in [-0.4, -0.2) is 27.8 Å². The van der Waals surface area contributed by atoms with Gasteiger partial charge in [0.05, 0.1) is 0 Å². The summed E-state index contributed by atoms with van der Waals surface area (Å²) in [4.78, 5) is 27.3. The Morgan fingerprint density at radius 1 is 1.45 bits per heavy atom. The van der Waals surface area contributed by atoms with Crippen molar-refractivity contribution in [1.82, 2.24) is 14.9 Å². The largest absolute Gasteiger partial charge is 0.352 e. The first kappa shape index (κ1) is 14.2. The van der Waals surface area contributed by atoms with Crippen molar-refractivity contribution >= 4 is 23.2 Å². The van der Waals surface area contributed by atoms with Crippen LogP contribution in [0.3, 0.4) is 0 Å². The van der Waals surface area contributed by atoms with Crippen molar-refractivity contribution in [2.75, 3.05) is 0 Å². The smallest absolute Gasteiger partial charge is 0.240 e. The van der Waals surface area contributed by atoms with Gasteiger partial charge in [0.2, 0.25) is 5.91 Å². The van der Waals surface area contributed by atoms with Crippen LogP contribution in [0.5, 0.6) is 0 Å². The Labute approximate surface area is 118 Å². The summed E-state index contributed by atoms with van der Waals surface area (Å²) in [6, 6.07) is 3.72. The topological polar surface area (TPSA) is 64.0 Å². The molecule has 0 aromatic carbocycles. The predicted octanol–water partition coefficient (Wildman–Crippen LogP) is 2.01. The van der Waals surface area contributed by atoms with Gasteiger partial charge in [-0.15, -0.1) is 0 Å². The normalized spacial score (nSPS) is 12.6. The van der Waals surface area contributed by atoms with Gasteiger partial charge >= 0.3 is 0 Å². The average molecular weight is 273 g/mol. The summed E-state index contributed by atoms with van der Waals surface area (Å²) in [5.41, 5.74) is 1.21. The van der Waals surface area contributed by atoms with E-state index < -0.39 is 0 Å². The summed E-state index contributed by atoms with van der Waals surface area (Å²) in [7, 11) is 0. The fraction of sp³-hybridized carbons (Fsp3) is 0.400. The molecule has 0 aliphatic rings. The molecule has 0 aliphatic carbocycles. The number of hydrogen-bond donors (Lipinski definition) is 1. The molecule has 1 N–H and O–H groups in total. The molecule has 0 radical (unpaired) electrons. The molecule has 0 fully saturated rings. The molecule has 0 aliphatic heterocycles. The third-order valence-corrected chi connectivity index (χ3v) is 3.49. The fourth-order valence-corrected chi connectivity index (χ4v) is 1.99. The van der Waals surface area contributed by atoms with Gasteiger partial charge in [0.25, 0.3) is 0 Å². The number of aldehydes is 1. The van der Waals surface area contributed by atoms with Gasteiger partial charge in [-0.25, -0.2) is 4.98 Å². The van der Waals surface area contributed by atoms with Gasteiger partial charge in [0.15, 0.2) is 6.29 Å². The SMILES string of the molecule is CC(C)C(C)NC(=O)Cn1cc(C=O)c2cccnc21. The molecule has 106 valence electrons. The lowest BCUT2D eigenvalue weighted by Crippen LogP contribution is -2.38. The van der Waals surface area contributed by atoms with Gasteiger partial charge in [-0.3, -0.25) is 9.59 Å². The molecule has 0 spiro atoms. The molecular formula is C15H19N3O2. The van der Waals surface area contributed by atoms with Crippen LogP contribution < -0.4 is 5.32 Å². The number of pyridine rings is 1. The first-order valence-corrected chi connectivity index (χ1v) is 6.71. The van der Waals surface area contributed by atoms with Crippen molar-refractivity contribution in [3.63, 3.8) is 0 Å². The number of amides is 1. The molecule has 2 rings (SSSR count). The monoisotopic (exact) mass is 273 g/mol. The van der Waals surface area contributed by atoms with E-state index in [-0.39, 0.29) is 18.5 Å². The minimum Gasteiger partial charge on any atom is -0.352 e. The van der Waals surface area contributed by atoms with E-state index in [1.54, 1.807) is 23.0 Å². The van der Waals surface area contributed by atoms with Crippen LogP contribution in [0.25, 0.3) is 11.0 Å². The highest BCUT2D eigenvalue weighted by molar-refractivity contribution is 5.96. The minimum absolute atomic E-state index is 0.0776. The third kappa shape index (κ3) is 2.87. The highest BCUT2D eigenvalue weighted by Crippen LogP contribution is 2.17. The molecule has 2 aromatic heterocycles. The number of hydrogen-bond acceptors (Lipinski definition) is 3. The van der Waals surface area contributed by atoms with E-state index in [9.17, 15) is 9.59 Å². The standard InChI is InChI=1S/C15H19N3O2/c1-10(2)11(3)17-14(20)8-18-7-12(9-19)13-5-4-6-16-15(13)18/h4-7,9-11H,8H2,1-3H3,(H,17,20). The molecule has 2 aromatic rings. The molecule has 20 heavy (non-hydrogen) atoms. The van der Waals surface area contributed by atoms with Crippen molar-refractivity contribution in [2.45, 2.75) is 33.4 Å². The van der Waals surface area contributed by atoms with Crippen molar-refractivity contribution in [3.05, 3.63) is 30.1 Å². The van der Waals surface area contributed by atoms with Gasteiger partial charge < -0.3 is 9.88 Å². The molecule has 2 heterocycles. The van der Waals surface area contributed by atoms with E-state index in [4.69, 9.17) is 0 Å². The first-order valence-electron chi connectivity index (χ1n) is 6.71. The number of nitrogens with zero attached hydrogens (tertiary/aromatic N) is 2. The van der Waals surface area contributed by atoms with Crippen LogP contribution in [0.4, 0.5) is 0 Å². The summed E-state index contributed by atoms with van der Waals surface area (Å²) in [6.07, 6.45) is 4.11. The van der Waals surface area contributed by atoms with Crippen molar-refractivity contribution in [3.8, 4) is 0 Å². The number of aromatic nitrogens is 2.